The number of amides is 1. The summed E-state index contributed by atoms with van der Waals surface area (Å²) < 4.78 is 32.3. The maximum atomic E-state index is 13.9. The molecule has 1 aliphatic heterocycles. The van der Waals surface area contributed by atoms with Crippen molar-refractivity contribution in [3.63, 3.8) is 0 Å². The van der Waals surface area contributed by atoms with Crippen LogP contribution in [0.25, 0.3) is 0 Å². The zero-order valence-corrected chi connectivity index (χ0v) is 11.4. The zero-order chi connectivity index (χ0) is 14.5. The number of ether oxygens (including phenoxy) is 1. The van der Waals surface area contributed by atoms with Crippen molar-refractivity contribution in [3.05, 3.63) is 35.4 Å². The van der Waals surface area contributed by atoms with Crippen LogP contribution in [0.5, 0.6) is 0 Å². The lowest BCUT2D eigenvalue weighted by atomic mass is 10.0. The summed E-state index contributed by atoms with van der Waals surface area (Å²) in [4.78, 5) is 13.3. The number of morpholine rings is 1. The summed E-state index contributed by atoms with van der Waals surface area (Å²) in [5.41, 5.74) is 0.242. The van der Waals surface area contributed by atoms with Gasteiger partial charge in [0.05, 0.1) is 12.6 Å². The van der Waals surface area contributed by atoms with Gasteiger partial charge in [0.25, 0.3) is 0 Å². The zero-order valence-electron chi connectivity index (χ0n) is 11.4. The van der Waals surface area contributed by atoms with Crippen LogP contribution in [0.15, 0.2) is 18.2 Å². The molecule has 110 valence electrons. The molecule has 2 rings (SSSR count). The minimum absolute atomic E-state index is 0.0461. The van der Waals surface area contributed by atoms with E-state index < -0.39 is 17.7 Å². The molecule has 0 saturated carbocycles. The number of likely N-dealkylation sites (N-methyl/N-ethyl adjacent to an activating group) is 1. The summed E-state index contributed by atoms with van der Waals surface area (Å²) >= 11 is 0. The third-order valence-electron chi connectivity index (χ3n) is 3.29. The average molecular weight is 284 g/mol. The lowest BCUT2D eigenvalue weighted by Crippen LogP contribution is -2.45. The van der Waals surface area contributed by atoms with Crippen molar-refractivity contribution < 1.29 is 18.3 Å². The number of carbonyl (C=O) groups is 1. The van der Waals surface area contributed by atoms with Gasteiger partial charge in [-0.1, -0.05) is 19.1 Å². The minimum Gasteiger partial charge on any atom is -0.370 e. The summed E-state index contributed by atoms with van der Waals surface area (Å²) in [6, 6.07) is 3.66. The van der Waals surface area contributed by atoms with Crippen LogP contribution < -0.4 is 5.32 Å². The first-order valence-corrected chi connectivity index (χ1v) is 6.66. The molecule has 4 nitrogen and oxygen atoms in total. The molecule has 1 amide bonds. The number of halogens is 2. The molecule has 20 heavy (non-hydrogen) atoms. The number of nitrogens with one attached hydrogen (secondary N) is 1. The van der Waals surface area contributed by atoms with Gasteiger partial charge in [-0.25, -0.2) is 8.78 Å². The molecule has 0 bridgehead atoms. The normalized spacial score (nSPS) is 17.4. The van der Waals surface area contributed by atoms with Gasteiger partial charge in [0.15, 0.2) is 11.6 Å². The van der Waals surface area contributed by atoms with E-state index in [-0.39, 0.29) is 18.1 Å². The minimum atomic E-state index is -0.876. The van der Waals surface area contributed by atoms with Crippen LogP contribution in [0.4, 0.5) is 8.78 Å². The molecule has 1 N–H and O–H groups in total. The molecule has 1 saturated heterocycles. The van der Waals surface area contributed by atoms with Crippen molar-refractivity contribution in [1.82, 2.24) is 10.2 Å². The van der Waals surface area contributed by atoms with Crippen molar-refractivity contribution in [1.29, 1.82) is 0 Å². The van der Waals surface area contributed by atoms with Gasteiger partial charge >= 0.3 is 0 Å². The fraction of sp³-hybridized carbons (Fsp3) is 0.500. The summed E-state index contributed by atoms with van der Waals surface area (Å²) in [6.45, 7) is 3.76. The highest BCUT2D eigenvalue weighted by molar-refractivity contribution is 5.78. The predicted molar refractivity (Wildman–Crippen MR) is 70.2 cm³/mol. The van der Waals surface area contributed by atoms with Gasteiger partial charge in [-0.2, -0.15) is 0 Å². The van der Waals surface area contributed by atoms with Gasteiger partial charge < -0.3 is 15.0 Å². The molecular weight excluding hydrogens is 266 g/mol. The Hall–Kier alpha value is -1.53. The standard InChI is InChI=1S/C14H18F2N2O2/c1-2-17-12(8-18-6-7-20-9-13(18)19)10-4-3-5-11(15)14(10)16/h3-5,12,17H,2,6-9H2,1H3. The first-order chi connectivity index (χ1) is 9.63. The van der Waals surface area contributed by atoms with E-state index in [2.05, 4.69) is 5.32 Å². The van der Waals surface area contributed by atoms with Gasteiger partial charge in [-0.3, -0.25) is 4.79 Å². The molecule has 0 radical (unpaired) electrons. The Kier molecular flexibility index (Phi) is 5.03. The van der Waals surface area contributed by atoms with Gasteiger partial charge in [-0.05, 0) is 12.6 Å². The van der Waals surface area contributed by atoms with Crippen molar-refractivity contribution >= 4 is 5.91 Å². The van der Waals surface area contributed by atoms with Crippen LogP contribution >= 0.6 is 0 Å². The fourth-order valence-electron chi connectivity index (χ4n) is 2.27. The van der Waals surface area contributed by atoms with Gasteiger partial charge in [0.1, 0.15) is 6.61 Å². The Morgan fingerprint density at radius 3 is 2.95 bits per heavy atom. The first kappa shape index (κ1) is 14.9. The first-order valence-electron chi connectivity index (χ1n) is 6.66. The van der Waals surface area contributed by atoms with E-state index in [0.717, 1.165) is 6.07 Å². The van der Waals surface area contributed by atoms with E-state index in [9.17, 15) is 13.6 Å². The third kappa shape index (κ3) is 3.32. The summed E-state index contributed by atoms with van der Waals surface area (Å²) in [5.74, 6) is -1.87. The molecule has 0 aliphatic carbocycles. The van der Waals surface area contributed by atoms with Crippen molar-refractivity contribution in [2.45, 2.75) is 13.0 Å². The Bertz CT molecular complexity index is 482. The van der Waals surface area contributed by atoms with E-state index >= 15 is 0 Å². The van der Waals surface area contributed by atoms with Crippen LogP contribution in [0.2, 0.25) is 0 Å². The number of benzene rings is 1. The van der Waals surface area contributed by atoms with E-state index in [1.807, 2.05) is 6.92 Å². The summed E-state index contributed by atoms with van der Waals surface area (Å²) in [7, 11) is 0. The molecule has 1 heterocycles. The van der Waals surface area contributed by atoms with Crippen LogP contribution in [-0.2, 0) is 9.53 Å². The Morgan fingerprint density at radius 2 is 2.25 bits per heavy atom. The van der Waals surface area contributed by atoms with Crippen LogP contribution in [0, 0.1) is 11.6 Å². The number of rotatable bonds is 5. The Morgan fingerprint density at radius 1 is 1.45 bits per heavy atom. The van der Waals surface area contributed by atoms with E-state index in [1.54, 1.807) is 4.90 Å². The molecule has 1 aromatic carbocycles. The number of hydrogen-bond donors (Lipinski definition) is 1. The molecule has 6 heteroatoms. The van der Waals surface area contributed by atoms with Gasteiger partial charge in [0.2, 0.25) is 5.91 Å². The second kappa shape index (κ2) is 6.76. The number of nitrogens with zero attached hydrogens (tertiary/aromatic N) is 1. The predicted octanol–water partition coefficient (Wildman–Crippen LogP) is 1.47. The molecule has 1 fully saturated rings. The second-order valence-electron chi connectivity index (χ2n) is 4.65. The van der Waals surface area contributed by atoms with Gasteiger partial charge in [0, 0.05) is 18.7 Å². The molecule has 0 aromatic heterocycles. The highest BCUT2D eigenvalue weighted by Crippen LogP contribution is 2.21. The van der Waals surface area contributed by atoms with Crippen molar-refractivity contribution in [3.8, 4) is 0 Å². The molecule has 1 unspecified atom stereocenters. The molecule has 1 aromatic rings. The Labute approximate surface area is 116 Å². The van der Waals surface area contributed by atoms with Crippen molar-refractivity contribution in [2.75, 3.05) is 32.8 Å². The lowest BCUT2D eigenvalue weighted by molar-refractivity contribution is -0.143. The maximum Gasteiger partial charge on any atom is 0.248 e. The lowest BCUT2D eigenvalue weighted by Gasteiger charge is -2.31. The second-order valence-corrected chi connectivity index (χ2v) is 4.65. The Balaban J connectivity index is 2.17. The monoisotopic (exact) mass is 284 g/mol. The molecular formula is C14H18F2N2O2. The quantitative estimate of drug-likeness (QED) is 0.890. The summed E-state index contributed by atoms with van der Waals surface area (Å²) in [6.07, 6.45) is 0. The van der Waals surface area contributed by atoms with E-state index in [4.69, 9.17) is 4.74 Å². The van der Waals surface area contributed by atoms with Gasteiger partial charge in [-0.15, -0.1) is 0 Å². The maximum absolute atomic E-state index is 13.9. The number of carbonyl (C=O) groups excluding carboxylic acids is 1. The smallest absolute Gasteiger partial charge is 0.248 e. The highest BCUT2D eigenvalue weighted by Gasteiger charge is 2.25. The third-order valence-corrected chi connectivity index (χ3v) is 3.29. The fourth-order valence-corrected chi connectivity index (χ4v) is 2.27. The number of hydrogen-bond acceptors (Lipinski definition) is 3. The van der Waals surface area contributed by atoms with E-state index in [1.165, 1.54) is 12.1 Å². The topological polar surface area (TPSA) is 41.6 Å². The van der Waals surface area contributed by atoms with E-state index in [0.29, 0.717) is 26.2 Å². The summed E-state index contributed by atoms with van der Waals surface area (Å²) in [5, 5.41) is 3.09. The largest absolute Gasteiger partial charge is 0.370 e. The van der Waals surface area contributed by atoms with Crippen molar-refractivity contribution in [2.24, 2.45) is 0 Å². The van der Waals surface area contributed by atoms with Crippen LogP contribution in [-0.4, -0.2) is 43.7 Å². The van der Waals surface area contributed by atoms with Crippen LogP contribution in [0.3, 0.4) is 0 Å². The SMILES string of the molecule is CCNC(CN1CCOCC1=O)c1cccc(F)c1F. The molecule has 0 spiro atoms. The highest BCUT2D eigenvalue weighted by atomic mass is 19.2. The average Bonchev–Trinajstić information content (AvgIpc) is 2.44. The molecule has 1 aliphatic rings. The van der Waals surface area contributed by atoms with Crippen LogP contribution in [0.1, 0.15) is 18.5 Å². The molecule has 1 atom stereocenters.